The summed E-state index contributed by atoms with van der Waals surface area (Å²) >= 11 is 0. The monoisotopic (exact) mass is 245 g/mol. The molecule has 0 aliphatic carbocycles. The molecule has 2 heterocycles. The van der Waals surface area contributed by atoms with E-state index >= 15 is 0 Å². The van der Waals surface area contributed by atoms with Crippen molar-refractivity contribution in [1.29, 1.82) is 0 Å². The highest BCUT2D eigenvalue weighted by atomic mass is 19.1. The zero-order valence-corrected chi connectivity index (χ0v) is 10.4. The topological polar surface area (TPSA) is 29.9 Å². The van der Waals surface area contributed by atoms with Gasteiger partial charge in [-0.1, -0.05) is 18.2 Å². The average molecular weight is 245 g/mol. The van der Waals surface area contributed by atoms with E-state index in [9.17, 15) is 4.39 Å². The zero-order chi connectivity index (χ0) is 12.5. The predicted octanol–water partition coefficient (Wildman–Crippen LogP) is 2.65. The molecule has 3 rings (SSSR count). The van der Waals surface area contributed by atoms with Crippen molar-refractivity contribution < 1.29 is 4.39 Å². The Labute approximate surface area is 106 Å². The second-order valence-corrected chi connectivity index (χ2v) is 4.70. The quantitative estimate of drug-likeness (QED) is 0.881. The third kappa shape index (κ3) is 1.82. The van der Waals surface area contributed by atoms with Crippen molar-refractivity contribution in [3.63, 3.8) is 0 Å². The molecule has 0 radical (unpaired) electrons. The molecule has 1 aliphatic heterocycles. The lowest BCUT2D eigenvalue weighted by molar-refractivity contribution is 0.574. The Kier molecular flexibility index (Phi) is 2.88. The zero-order valence-electron chi connectivity index (χ0n) is 10.4. The van der Waals surface area contributed by atoms with Crippen LogP contribution in [0.15, 0.2) is 30.5 Å². The van der Waals surface area contributed by atoms with Gasteiger partial charge in [-0.05, 0) is 25.5 Å². The molecular weight excluding hydrogens is 229 g/mol. The van der Waals surface area contributed by atoms with E-state index in [-0.39, 0.29) is 11.9 Å². The van der Waals surface area contributed by atoms with Crippen molar-refractivity contribution in [2.24, 2.45) is 7.05 Å². The molecule has 0 amide bonds. The summed E-state index contributed by atoms with van der Waals surface area (Å²) in [5.74, 6) is -0.190. The first-order valence-electron chi connectivity index (χ1n) is 6.27. The third-order valence-corrected chi connectivity index (χ3v) is 3.54. The molecule has 1 unspecified atom stereocenters. The second-order valence-electron chi connectivity index (χ2n) is 4.70. The van der Waals surface area contributed by atoms with Gasteiger partial charge in [-0.2, -0.15) is 5.10 Å². The number of hydrogen-bond donors (Lipinski definition) is 1. The minimum atomic E-state index is -0.190. The molecule has 1 atom stereocenters. The molecule has 18 heavy (non-hydrogen) atoms. The Morgan fingerprint density at radius 1 is 1.33 bits per heavy atom. The van der Waals surface area contributed by atoms with Crippen molar-refractivity contribution >= 4 is 0 Å². The highest BCUT2D eigenvalue weighted by Crippen LogP contribution is 2.33. The van der Waals surface area contributed by atoms with Gasteiger partial charge in [0.2, 0.25) is 0 Å². The van der Waals surface area contributed by atoms with E-state index < -0.39 is 0 Å². The largest absolute Gasteiger partial charge is 0.309 e. The van der Waals surface area contributed by atoms with Crippen molar-refractivity contribution in [1.82, 2.24) is 15.1 Å². The van der Waals surface area contributed by atoms with Gasteiger partial charge in [0, 0.05) is 24.2 Å². The summed E-state index contributed by atoms with van der Waals surface area (Å²) in [7, 11) is 1.92. The fourth-order valence-corrected chi connectivity index (χ4v) is 2.67. The molecular formula is C14H16FN3. The van der Waals surface area contributed by atoms with Gasteiger partial charge in [-0.25, -0.2) is 4.39 Å². The van der Waals surface area contributed by atoms with E-state index in [0.717, 1.165) is 30.6 Å². The van der Waals surface area contributed by atoms with E-state index in [1.165, 1.54) is 6.07 Å². The molecule has 3 nitrogen and oxygen atoms in total. The van der Waals surface area contributed by atoms with Crippen LogP contribution in [0, 0.1) is 5.82 Å². The maximum Gasteiger partial charge on any atom is 0.131 e. The van der Waals surface area contributed by atoms with Gasteiger partial charge in [0.15, 0.2) is 0 Å². The van der Waals surface area contributed by atoms with Crippen LogP contribution in [0.3, 0.4) is 0 Å². The molecule has 0 saturated carbocycles. The number of nitrogens with one attached hydrogen (secondary N) is 1. The first kappa shape index (κ1) is 11.4. The van der Waals surface area contributed by atoms with E-state index in [2.05, 4.69) is 10.4 Å². The fourth-order valence-electron chi connectivity index (χ4n) is 2.67. The number of aryl methyl sites for hydroxylation is 1. The molecule has 4 heteroatoms. The van der Waals surface area contributed by atoms with E-state index in [1.54, 1.807) is 12.3 Å². The van der Waals surface area contributed by atoms with Gasteiger partial charge in [-0.3, -0.25) is 4.68 Å². The highest BCUT2D eigenvalue weighted by molar-refractivity contribution is 5.66. The number of hydrogen-bond acceptors (Lipinski definition) is 2. The molecule has 2 aromatic rings. The smallest absolute Gasteiger partial charge is 0.131 e. The van der Waals surface area contributed by atoms with E-state index in [4.69, 9.17) is 0 Å². The Morgan fingerprint density at radius 2 is 2.17 bits per heavy atom. The summed E-state index contributed by atoms with van der Waals surface area (Å²) in [6.45, 7) is 1.02. The first-order chi connectivity index (χ1) is 8.77. The van der Waals surface area contributed by atoms with Crippen LogP contribution in [0.5, 0.6) is 0 Å². The van der Waals surface area contributed by atoms with Gasteiger partial charge >= 0.3 is 0 Å². The van der Waals surface area contributed by atoms with Crippen LogP contribution >= 0.6 is 0 Å². The lowest BCUT2D eigenvalue weighted by Crippen LogP contribution is -2.17. The van der Waals surface area contributed by atoms with Crippen molar-refractivity contribution in [2.45, 2.75) is 18.9 Å². The van der Waals surface area contributed by atoms with Gasteiger partial charge in [0.1, 0.15) is 5.82 Å². The summed E-state index contributed by atoms with van der Waals surface area (Å²) in [4.78, 5) is 0. The molecule has 1 fully saturated rings. The van der Waals surface area contributed by atoms with E-state index in [0.29, 0.717) is 5.56 Å². The third-order valence-electron chi connectivity index (χ3n) is 3.54. The number of nitrogens with zero attached hydrogens (tertiary/aromatic N) is 2. The van der Waals surface area contributed by atoms with Crippen LogP contribution in [-0.2, 0) is 7.05 Å². The Morgan fingerprint density at radius 3 is 2.89 bits per heavy atom. The molecule has 1 aromatic heterocycles. The maximum absolute atomic E-state index is 13.9. The summed E-state index contributed by atoms with van der Waals surface area (Å²) in [5, 5.41) is 7.73. The predicted molar refractivity (Wildman–Crippen MR) is 68.6 cm³/mol. The van der Waals surface area contributed by atoms with Gasteiger partial charge in [0.05, 0.1) is 11.9 Å². The summed E-state index contributed by atoms with van der Waals surface area (Å²) < 4.78 is 15.7. The molecule has 1 saturated heterocycles. The summed E-state index contributed by atoms with van der Waals surface area (Å²) in [6.07, 6.45) is 4.00. The summed E-state index contributed by atoms with van der Waals surface area (Å²) in [5.41, 5.74) is 2.61. The van der Waals surface area contributed by atoms with Crippen molar-refractivity contribution in [3.8, 4) is 11.1 Å². The Bertz CT molecular complexity index is 556. The van der Waals surface area contributed by atoms with Crippen LogP contribution in [0.1, 0.15) is 24.6 Å². The van der Waals surface area contributed by atoms with Crippen molar-refractivity contribution in [3.05, 3.63) is 42.0 Å². The SMILES string of the molecule is Cn1ncc(-c2ccccc2F)c1C1CCCN1. The van der Waals surface area contributed by atoms with Crippen LogP contribution in [0.25, 0.3) is 11.1 Å². The standard InChI is InChI=1S/C14H16FN3/c1-18-14(13-7-4-8-16-13)11(9-17-18)10-5-2-3-6-12(10)15/h2-3,5-6,9,13,16H,4,7-8H2,1H3. The highest BCUT2D eigenvalue weighted by Gasteiger charge is 2.24. The maximum atomic E-state index is 13.9. The van der Waals surface area contributed by atoms with Crippen LogP contribution in [-0.4, -0.2) is 16.3 Å². The summed E-state index contributed by atoms with van der Waals surface area (Å²) in [6, 6.07) is 7.16. The molecule has 0 bridgehead atoms. The first-order valence-corrected chi connectivity index (χ1v) is 6.27. The van der Waals surface area contributed by atoms with Gasteiger partial charge in [-0.15, -0.1) is 0 Å². The number of rotatable bonds is 2. The van der Waals surface area contributed by atoms with E-state index in [1.807, 2.05) is 23.9 Å². The minimum Gasteiger partial charge on any atom is -0.309 e. The van der Waals surface area contributed by atoms with Crippen LogP contribution in [0.4, 0.5) is 4.39 Å². The normalized spacial score (nSPS) is 19.3. The van der Waals surface area contributed by atoms with Gasteiger partial charge in [0.25, 0.3) is 0 Å². The average Bonchev–Trinajstić information content (AvgIpc) is 2.98. The lowest BCUT2D eigenvalue weighted by Gasteiger charge is -2.14. The minimum absolute atomic E-state index is 0.190. The molecule has 1 N–H and O–H groups in total. The number of halogens is 1. The number of aromatic nitrogens is 2. The Hall–Kier alpha value is -1.68. The van der Waals surface area contributed by atoms with Gasteiger partial charge < -0.3 is 5.32 Å². The molecule has 1 aliphatic rings. The Balaban J connectivity index is 2.10. The molecule has 94 valence electrons. The van der Waals surface area contributed by atoms with Crippen molar-refractivity contribution in [2.75, 3.05) is 6.54 Å². The molecule has 1 aromatic carbocycles. The van der Waals surface area contributed by atoms with Crippen LogP contribution in [0.2, 0.25) is 0 Å². The number of benzene rings is 1. The lowest BCUT2D eigenvalue weighted by atomic mass is 10.0. The molecule has 0 spiro atoms. The van der Waals surface area contributed by atoms with Crippen LogP contribution < -0.4 is 5.32 Å². The fraction of sp³-hybridized carbons (Fsp3) is 0.357. The second kappa shape index (κ2) is 4.53.